The van der Waals surface area contributed by atoms with Crippen molar-refractivity contribution >= 4 is 5.69 Å². The minimum Gasteiger partial charge on any atom is -0.393 e. The highest BCUT2D eigenvalue weighted by Gasteiger charge is 2.08. The van der Waals surface area contributed by atoms with E-state index in [4.69, 9.17) is 15.2 Å². The van der Waals surface area contributed by atoms with Crippen LogP contribution in [-0.4, -0.2) is 36.1 Å². The number of hydrogen-bond donors (Lipinski definition) is 1. The topological polar surface area (TPSA) is 88.5 Å². The Balaban J connectivity index is 2.65. The average molecular weight is 271 g/mol. The van der Waals surface area contributed by atoms with Gasteiger partial charge in [0.05, 0.1) is 13.2 Å². The van der Waals surface area contributed by atoms with Gasteiger partial charge in [0.2, 0.25) is 0 Å². The van der Waals surface area contributed by atoms with Crippen LogP contribution in [0.25, 0.3) is 0 Å². The molecular weight excluding hydrogens is 250 g/mol. The van der Waals surface area contributed by atoms with E-state index < -0.39 is 5.56 Å². The fraction of sp³-hybridized carbons (Fsp3) is 0.667. The summed E-state index contributed by atoms with van der Waals surface area (Å²) in [4.78, 5) is 23.7. The number of aryl methyl sites for hydroxylation is 1. The number of ether oxygens (including phenoxy) is 2. The number of aromatic nitrogens is 2. The predicted molar refractivity (Wildman–Crippen MR) is 72.4 cm³/mol. The van der Waals surface area contributed by atoms with Crippen LogP contribution in [0.3, 0.4) is 0 Å². The van der Waals surface area contributed by atoms with E-state index in [-0.39, 0.29) is 17.9 Å². The SMILES string of the molecule is CCn1cc(N)c(=O)n(CCOCCCOC)c1=O. The molecule has 0 aliphatic heterocycles. The van der Waals surface area contributed by atoms with Crippen LogP contribution in [-0.2, 0) is 22.6 Å². The Hall–Kier alpha value is -1.60. The summed E-state index contributed by atoms with van der Waals surface area (Å²) < 4.78 is 12.7. The number of methoxy groups -OCH3 is 1. The molecule has 0 spiro atoms. The molecule has 0 unspecified atom stereocenters. The fourth-order valence-electron chi connectivity index (χ4n) is 1.66. The van der Waals surface area contributed by atoms with Crippen LogP contribution in [0.2, 0.25) is 0 Å². The summed E-state index contributed by atoms with van der Waals surface area (Å²) in [6.07, 6.45) is 2.15. The fourth-order valence-corrected chi connectivity index (χ4v) is 1.66. The van der Waals surface area contributed by atoms with Crippen molar-refractivity contribution in [1.82, 2.24) is 9.13 Å². The van der Waals surface area contributed by atoms with Gasteiger partial charge in [0.15, 0.2) is 0 Å². The lowest BCUT2D eigenvalue weighted by Gasteiger charge is -2.10. The summed E-state index contributed by atoms with van der Waals surface area (Å²) in [6.45, 7) is 3.95. The molecule has 0 amide bonds. The van der Waals surface area contributed by atoms with E-state index in [1.807, 2.05) is 6.92 Å². The molecule has 0 bridgehead atoms. The Morgan fingerprint density at radius 1 is 1.26 bits per heavy atom. The van der Waals surface area contributed by atoms with Gasteiger partial charge in [-0.3, -0.25) is 13.9 Å². The van der Waals surface area contributed by atoms with Crippen molar-refractivity contribution in [3.63, 3.8) is 0 Å². The van der Waals surface area contributed by atoms with Gasteiger partial charge >= 0.3 is 5.69 Å². The van der Waals surface area contributed by atoms with Gasteiger partial charge in [-0.25, -0.2) is 4.79 Å². The molecule has 2 N–H and O–H groups in total. The predicted octanol–water partition coefficient (Wildman–Crippen LogP) is -0.335. The zero-order chi connectivity index (χ0) is 14.3. The standard InChI is InChI=1S/C12H21N3O4/c1-3-14-9-10(13)11(16)15(12(14)17)5-8-19-7-4-6-18-2/h9H,3-8,13H2,1-2H3. The monoisotopic (exact) mass is 271 g/mol. The first-order chi connectivity index (χ1) is 9.11. The lowest BCUT2D eigenvalue weighted by molar-refractivity contribution is 0.0965. The molecule has 19 heavy (non-hydrogen) atoms. The molecule has 108 valence electrons. The number of nitrogen functional groups attached to an aromatic ring is 1. The molecule has 0 aliphatic rings. The van der Waals surface area contributed by atoms with Gasteiger partial charge in [-0.1, -0.05) is 0 Å². The Morgan fingerprint density at radius 2 is 2.00 bits per heavy atom. The van der Waals surface area contributed by atoms with E-state index in [1.165, 1.54) is 10.8 Å². The van der Waals surface area contributed by atoms with Crippen molar-refractivity contribution in [2.24, 2.45) is 0 Å². The number of hydrogen-bond acceptors (Lipinski definition) is 5. The summed E-state index contributed by atoms with van der Waals surface area (Å²) >= 11 is 0. The molecular formula is C12H21N3O4. The maximum atomic E-state index is 11.9. The molecule has 0 aromatic carbocycles. The Labute approximate surface area is 111 Å². The Morgan fingerprint density at radius 3 is 2.63 bits per heavy atom. The maximum absolute atomic E-state index is 11.9. The first-order valence-corrected chi connectivity index (χ1v) is 6.28. The second-order valence-corrected chi connectivity index (χ2v) is 4.07. The first-order valence-electron chi connectivity index (χ1n) is 6.28. The van der Waals surface area contributed by atoms with Crippen molar-refractivity contribution in [3.8, 4) is 0 Å². The second kappa shape index (κ2) is 7.75. The first kappa shape index (κ1) is 15.5. The van der Waals surface area contributed by atoms with Crippen molar-refractivity contribution in [3.05, 3.63) is 27.0 Å². The van der Waals surface area contributed by atoms with Crippen LogP contribution >= 0.6 is 0 Å². The molecule has 7 nitrogen and oxygen atoms in total. The van der Waals surface area contributed by atoms with Crippen LogP contribution in [0.15, 0.2) is 15.8 Å². The quantitative estimate of drug-likeness (QED) is 0.654. The average Bonchev–Trinajstić information content (AvgIpc) is 2.41. The van der Waals surface area contributed by atoms with E-state index >= 15 is 0 Å². The molecule has 0 saturated carbocycles. The molecule has 7 heteroatoms. The second-order valence-electron chi connectivity index (χ2n) is 4.07. The van der Waals surface area contributed by atoms with Gasteiger partial charge in [0, 0.05) is 33.1 Å². The zero-order valence-electron chi connectivity index (χ0n) is 11.4. The van der Waals surface area contributed by atoms with Gasteiger partial charge in [0.25, 0.3) is 5.56 Å². The van der Waals surface area contributed by atoms with Crippen molar-refractivity contribution < 1.29 is 9.47 Å². The molecule has 1 rings (SSSR count). The van der Waals surface area contributed by atoms with E-state index in [0.717, 1.165) is 11.0 Å². The van der Waals surface area contributed by atoms with Crippen LogP contribution in [0.1, 0.15) is 13.3 Å². The Bertz CT molecular complexity index is 507. The van der Waals surface area contributed by atoms with E-state index in [0.29, 0.717) is 26.4 Å². The highest BCUT2D eigenvalue weighted by atomic mass is 16.5. The molecule has 0 atom stereocenters. The third-order valence-electron chi connectivity index (χ3n) is 2.70. The van der Waals surface area contributed by atoms with Crippen molar-refractivity contribution in [2.75, 3.05) is 32.7 Å². The summed E-state index contributed by atoms with van der Waals surface area (Å²) in [7, 11) is 1.62. The highest BCUT2D eigenvalue weighted by molar-refractivity contribution is 5.30. The molecule has 0 aliphatic carbocycles. The zero-order valence-corrected chi connectivity index (χ0v) is 11.4. The third kappa shape index (κ3) is 4.22. The van der Waals surface area contributed by atoms with E-state index in [9.17, 15) is 9.59 Å². The van der Waals surface area contributed by atoms with Gasteiger partial charge < -0.3 is 15.2 Å². The Kier molecular flexibility index (Phi) is 6.31. The molecule has 1 aromatic rings. The highest BCUT2D eigenvalue weighted by Crippen LogP contribution is 1.90. The van der Waals surface area contributed by atoms with Crippen LogP contribution in [0, 0.1) is 0 Å². The third-order valence-corrected chi connectivity index (χ3v) is 2.70. The van der Waals surface area contributed by atoms with Gasteiger partial charge in [-0.05, 0) is 13.3 Å². The molecule has 0 radical (unpaired) electrons. The minimum atomic E-state index is -0.463. The summed E-state index contributed by atoms with van der Waals surface area (Å²) in [5.41, 5.74) is 4.83. The molecule has 1 heterocycles. The maximum Gasteiger partial charge on any atom is 0.331 e. The van der Waals surface area contributed by atoms with Crippen molar-refractivity contribution in [2.45, 2.75) is 26.4 Å². The normalized spacial score (nSPS) is 10.8. The van der Waals surface area contributed by atoms with Crippen LogP contribution in [0.5, 0.6) is 0 Å². The largest absolute Gasteiger partial charge is 0.393 e. The number of nitrogens with two attached hydrogens (primary N) is 1. The lowest BCUT2D eigenvalue weighted by atomic mass is 10.4. The number of nitrogens with zero attached hydrogens (tertiary/aromatic N) is 2. The summed E-state index contributed by atoms with van der Waals surface area (Å²) in [5.74, 6) is 0. The van der Waals surface area contributed by atoms with Gasteiger partial charge in [-0.15, -0.1) is 0 Å². The molecule has 1 aromatic heterocycles. The van der Waals surface area contributed by atoms with E-state index in [2.05, 4.69) is 0 Å². The van der Waals surface area contributed by atoms with Gasteiger partial charge in [-0.2, -0.15) is 0 Å². The smallest absolute Gasteiger partial charge is 0.331 e. The molecule has 0 saturated heterocycles. The van der Waals surface area contributed by atoms with E-state index in [1.54, 1.807) is 7.11 Å². The van der Waals surface area contributed by atoms with Crippen LogP contribution < -0.4 is 17.0 Å². The van der Waals surface area contributed by atoms with Crippen LogP contribution in [0.4, 0.5) is 5.69 Å². The van der Waals surface area contributed by atoms with Gasteiger partial charge in [0.1, 0.15) is 5.69 Å². The summed E-state index contributed by atoms with van der Waals surface area (Å²) in [6, 6.07) is 0. The molecule has 0 fully saturated rings. The lowest BCUT2D eigenvalue weighted by Crippen LogP contribution is -2.41. The number of rotatable bonds is 8. The summed E-state index contributed by atoms with van der Waals surface area (Å²) in [5, 5.41) is 0. The van der Waals surface area contributed by atoms with Crippen molar-refractivity contribution in [1.29, 1.82) is 0 Å². The minimum absolute atomic E-state index is 0.0702. The number of anilines is 1.